The number of benzene rings is 3. The van der Waals surface area contributed by atoms with Gasteiger partial charge in [-0.05, 0) is 61.4 Å². The van der Waals surface area contributed by atoms with Crippen molar-refractivity contribution >= 4 is 34.2 Å². The molecule has 12 heteroatoms. The summed E-state index contributed by atoms with van der Waals surface area (Å²) >= 11 is 0. The third-order valence-electron chi connectivity index (χ3n) is 8.09. The summed E-state index contributed by atoms with van der Waals surface area (Å²) in [5.74, 6) is -1.75. The fourth-order valence-electron chi connectivity index (χ4n) is 5.57. The lowest BCUT2D eigenvalue weighted by atomic mass is 9.81. The molecule has 0 bridgehead atoms. The zero-order valence-corrected chi connectivity index (χ0v) is 27.3. The van der Waals surface area contributed by atoms with Gasteiger partial charge in [-0.1, -0.05) is 36.4 Å². The molecular weight excluding hydrogens is 630 g/mol. The molecule has 3 aromatic carbocycles. The van der Waals surface area contributed by atoms with E-state index in [1.807, 2.05) is 6.92 Å². The number of rotatable bonds is 16. The maximum atomic E-state index is 13.7. The van der Waals surface area contributed by atoms with Crippen LogP contribution in [0.1, 0.15) is 40.7 Å². The van der Waals surface area contributed by atoms with Crippen LogP contribution in [0.4, 0.5) is 11.4 Å². The average Bonchev–Trinajstić information content (AvgIpc) is 3.12. The van der Waals surface area contributed by atoms with Crippen molar-refractivity contribution in [2.75, 3.05) is 50.7 Å². The molecule has 0 spiro atoms. The third-order valence-corrected chi connectivity index (χ3v) is 8.09. The van der Waals surface area contributed by atoms with Crippen molar-refractivity contribution in [3.8, 4) is 0 Å². The van der Waals surface area contributed by atoms with Crippen LogP contribution < -0.4 is 21.8 Å². The van der Waals surface area contributed by atoms with E-state index in [1.165, 1.54) is 6.26 Å². The predicted molar refractivity (Wildman–Crippen MR) is 184 cm³/mol. The smallest absolute Gasteiger partial charge is 0.286 e. The number of nitrogens with one attached hydrogen (secondary N) is 2. The number of nitrogens with two attached hydrogens (primary N) is 1. The van der Waals surface area contributed by atoms with Gasteiger partial charge in [0.15, 0.2) is 11.2 Å². The van der Waals surface area contributed by atoms with Gasteiger partial charge in [0.1, 0.15) is 5.58 Å². The summed E-state index contributed by atoms with van der Waals surface area (Å²) in [6.45, 7) is 3.43. The highest BCUT2D eigenvalue weighted by Gasteiger charge is 2.39. The van der Waals surface area contributed by atoms with E-state index >= 15 is 0 Å². The Morgan fingerprint density at radius 2 is 1.65 bits per heavy atom. The quantitative estimate of drug-likeness (QED) is 0.0993. The Bertz CT molecular complexity index is 1810. The van der Waals surface area contributed by atoms with E-state index in [4.69, 9.17) is 34.2 Å². The SMILES string of the molecule is CCO[C@@H]1OC(C(=O)NCc2ccc(C(=O)Nc3ccccc3N)cc2)=C[C@H](c2coc3ccccc3c2=O)[C@H]1CCOCCOCCO. The van der Waals surface area contributed by atoms with Gasteiger partial charge in [0.05, 0.1) is 49.5 Å². The van der Waals surface area contributed by atoms with E-state index in [0.717, 1.165) is 5.56 Å². The molecule has 12 nitrogen and oxygen atoms in total. The van der Waals surface area contributed by atoms with Crippen LogP contribution in [0, 0.1) is 5.92 Å². The highest BCUT2D eigenvalue weighted by molar-refractivity contribution is 6.05. The number of hydrogen-bond donors (Lipinski definition) is 4. The van der Waals surface area contributed by atoms with Gasteiger partial charge in [0.2, 0.25) is 6.29 Å². The Morgan fingerprint density at radius 1 is 0.918 bits per heavy atom. The molecule has 0 unspecified atom stereocenters. The second-order valence-electron chi connectivity index (χ2n) is 11.3. The number of allylic oxidation sites excluding steroid dienone is 1. The maximum absolute atomic E-state index is 13.7. The molecule has 258 valence electrons. The number of fused-ring (bicyclic) bond motifs is 1. The molecule has 1 aromatic heterocycles. The second-order valence-corrected chi connectivity index (χ2v) is 11.3. The molecule has 5 rings (SSSR count). The molecule has 1 aliphatic rings. The van der Waals surface area contributed by atoms with Crippen molar-refractivity contribution in [2.45, 2.75) is 32.1 Å². The van der Waals surface area contributed by atoms with Gasteiger partial charge in [-0.15, -0.1) is 0 Å². The van der Waals surface area contributed by atoms with Gasteiger partial charge in [0, 0.05) is 42.7 Å². The Kier molecular flexibility index (Phi) is 12.5. The Labute approximate surface area is 283 Å². The first-order chi connectivity index (χ1) is 23.9. The first-order valence-corrected chi connectivity index (χ1v) is 16.2. The van der Waals surface area contributed by atoms with Crippen molar-refractivity contribution in [1.82, 2.24) is 5.32 Å². The largest absolute Gasteiger partial charge is 0.464 e. The van der Waals surface area contributed by atoms with E-state index < -0.39 is 18.1 Å². The van der Waals surface area contributed by atoms with Crippen LogP contribution in [0.3, 0.4) is 0 Å². The fraction of sp³-hybridized carbons (Fsp3) is 0.324. The first kappa shape index (κ1) is 35.3. The van der Waals surface area contributed by atoms with E-state index in [-0.39, 0.29) is 42.8 Å². The standard InChI is InChI=1S/C37H41N3O9/c1-2-47-37-26(15-17-45-19-20-46-18-16-41)28(29-23-48-32-10-6-3-7-27(32)34(29)42)21-33(49-37)36(44)39-22-24-11-13-25(14-12-24)35(43)40-31-9-5-4-8-30(31)38/h3-14,21,23,26,28,37,41H,2,15-20,22,38H2,1H3,(H,39,44)(H,40,43)/t26-,28+,37-/m1/s1. The maximum Gasteiger partial charge on any atom is 0.286 e. The molecule has 49 heavy (non-hydrogen) atoms. The van der Waals surface area contributed by atoms with E-state index in [9.17, 15) is 14.4 Å². The zero-order chi connectivity index (χ0) is 34.6. The first-order valence-electron chi connectivity index (χ1n) is 16.2. The molecule has 0 fully saturated rings. The second kappa shape index (κ2) is 17.4. The summed E-state index contributed by atoms with van der Waals surface area (Å²) in [6, 6.07) is 20.8. The average molecular weight is 672 g/mol. The number of hydrogen-bond acceptors (Lipinski definition) is 10. The lowest BCUT2D eigenvalue weighted by Crippen LogP contribution is -2.40. The number of para-hydroxylation sites is 3. The molecule has 4 aromatic rings. The zero-order valence-electron chi connectivity index (χ0n) is 27.3. The minimum Gasteiger partial charge on any atom is -0.464 e. The van der Waals surface area contributed by atoms with Crippen molar-refractivity contribution in [2.24, 2.45) is 5.92 Å². The van der Waals surface area contributed by atoms with Crippen LogP contribution >= 0.6 is 0 Å². The lowest BCUT2D eigenvalue weighted by molar-refractivity contribution is -0.168. The van der Waals surface area contributed by atoms with Gasteiger partial charge in [-0.3, -0.25) is 14.4 Å². The van der Waals surface area contributed by atoms with E-state index in [1.54, 1.807) is 78.9 Å². The van der Waals surface area contributed by atoms with E-state index in [2.05, 4.69) is 10.6 Å². The molecule has 2 heterocycles. The van der Waals surface area contributed by atoms with Crippen LogP contribution in [0.25, 0.3) is 11.0 Å². The number of carbonyl (C=O) groups is 2. The fourth-order valence-corrected chi connectivity index (χ4v) is 5.57. The lowest BCUT2D eigenvalue weighted by Gasteiger charge is -2.36. The van der Waals surface area contributed by atoms with Gasteiger partial charge in [-0.2, -0.15) is 0 Å². The number of anilines is 2. The topological polar surface area (TPSA) is 172 Å². The summed E-state index contributed by atoms with van der Waals surface area (Å²) in [7, 11) is 0. The summed E-state index contributed by atoms with van der Waals surface area (Å²) in [4.78, 5) is 39.9. The molecule has 3 atom stereocenters. The molecule has 0 radical (unpaired) electrons. The molecule has 1 aliphatic heterocycles. The van der Waals surface area contributed by atoms with E-state index in [0.29, 0.717) is 66.3 Å². The normalized spacial score (nSPS) is 17.3. The summed E-state index contributed by atoms with van der Waals surface area (Å²) < 4.78 is 29.0. The van der Waals surface area contributed by atoms with Crippen LogP contribution in [0.2, 0.25) is 0 Å². The Morgan fingerprint density at radius 3 is 2.41 bits per heavy atom. The van der Waals surface area contributed by atoms with Gasteiger partial charge >= 0.3 is 0 Å². The highest BCUT2D eigenvalue weighted by atomic mass is 16.7. The number of aliphatic hydroxyl groups excluding tert-OH is 1. The summed E-state index contributed by atoms with van der Waals surface area (Å²) in [6.07, 6.45) is 2.68. The molecule has 5 N–H and O–H groups in total. The highest BCUT2D eigenvalue weighted by Crippen LogP contribution is 2.38. The number of carbonyl (C=O) groups excluding carboxylic acids is 2. The minimum absolute atomic E-state index is 0.0158. The number of aliphatic hydroxyl groups is 1. The van der Waals surface area contributed by atoms with Crippen LogP contribution in [-0.2, 0) is 30.3 Å². The molecular formula is C37H41N3O9. The molecule has 0 saturated carbocycles. The molecule has 0 aliphatic carbocycles. The van der Waals surface area contributed by atoms with Crippen molar-refractivity contribution in [3.05, 3.63) is 118 Å². The van der Waals surface area contributed by atoms with Gasteiger partial charge < -0.3 is 44.8 Å². The van der Waals surface area contributed by atoms with Gasteiger partial charge in [0.25, 0.3) is 11.8 Å². The van der Waals surface area contributed by atoms with Crippen molar-refractivity contribution < 1.29 is 38.1 Å². The van der Waals surface area contributed by atoms with Gasteiger partial charge in [-0.25, -0.2) is 0 Å². The summed E-state index contributed by atoms with van der Waals surface area (Å²) in [5.41, 5.74) is 8.74. The predicted octanol–water partition coefficient (Wildman–Crippen LogP) is 4.34. The molecule has 2 amide bonds. The van der Waals surface area contributed by atoms with Crippen LogP contribution in [-0.4, -0.2) is 62.9 Å². The van der Waals surface area contributed by atoms with Crippen LogP contribution in [0.15, 0.2) is 100 Å². The number of ether oxygens (including phenoxy) is 4. The van der Waals surface area contributed by atoms with Crippen molar-refractivity contribution in [1.29, 1.82) is 0 Å². The number of nitrogen functional groups attached to an aromatic ring is 1. The number of amides is 2. The third kappa shape index (κ3) is 9.12. The minimum atomic E-state index is -0.850. The molecule has 0 saturated heterocycles. The summed E-state index contributed by atoms with van der Waals surface area (Å²) in [5, 5.41) is 15.0. The Hall–Kier alpha value is -5.01. The van der Waals surface area contributed by atoms with Crippen molar-refractivity contribution in [3.63, 3.8) is 0 Å². The Balaban J connectivity index is 1.32. The monoisotopic (exact) mass is 671 g/mol. The van der Waals surface area contributed by atoms with Crippen LogP contribution in [0.5, 0.6) is 0 Å².